The van der Waals surface area contributed by atoms with Crippen molar-refractivity contribution in [1.29, 1.82) is 0 Å². The molecule has 1 saturated carbocycles. The molecule has 1 aliphatic carbocycles. The largest absolute Gasteiger partial charge is 0.392 e. The summed E-state index contributed by atoms with van der Waals surface area (Å²) in [6.07, 6.45) is 3.76. The third-order valence-electron chi connectivity index (χ3n) is 4.83. The summed E-state index contributed by atoms with van der Waals surface area (Å²) in [6.45, 7) is 9.14. The maximum atomic E-state index is 12.4. The number of carbonyl (C=O) groups excluding carboxylic acids is 1. The zero-order chi connectivity index (χ0) is 14.0. The highest BCUT2D eigenvalue weighted by molar-refractivity contribution is 7.80. The normalized spacial score (nSPS) is 17.6. The van der Waals surface area contributed by atoms with Gasteiger partial charge in [-0.25, -0.2) is 0 Å². The van der Waals surface area contributed by atoms with Crippen molar-refractivity contribution in [3.05, 3.63) is 0 Å². The van der Waals surface area contributed by atoms with Crippen molar-refractivity contribution in [2.24, 2.45) is 22.5 Å². The lowest BCUT2D eigenvalue weighted by Crippen LogP contribution is -2.49. The average molecular weight is 270 g/mol. The van der Waals surface area contributed by atoms with Crippen molar-refractivity contribution in [3.8, 4) is 0 Å². The van der Waals surface area contributed by atoms with Crippen molar-refractivity contribution in [2.75, 3.05) is 6.54 Å². The summed E-state index contributed by atoms with van der Waals surface area (Å²) >= 11 is 5.10. The number of nitrogens with two attached hydrogens (primary N) is 1. The molecule has 1 amide bonds. The molecule has 4 heteroatoms. The highest BCUT2D eigenvalue weighted by Gasteiger charge is 2.46. The molecule has 0 saturated heterocycles. The minimum Gasteiger partial charge on any atom is -0.392 e. The Labute approximate surface area is 116 Å². The van der Waals surface area contributed by atoms with Gasteiger partial charge in [0.05, 0.1) is 10.4 Å². The van der Waals surface area contributed by atoms with E-state index in [1.54, 1.807) is 0 Å². The predicted octanol–water partition coefficient (Wildman–Crippen LogP) is 2.63. The van der Waals surface area contributed by atoms with E-state index < -0.39 is 5.41 Å². The number of carbonyl (C=O) groups is 1. The molecule has 0 spiro atoms. The Morgan fingerprint density at radius 1 is 1.39 bits per heavy atom. The molecule has 1 rings (SSSR count). The van der Waals surface area contributed by atoms with Gasteiger partial charge in [-0.2, -0.15) is 0 Å². The van der Waals surface area contributed by atoms with Crippen molar-refractivity contribution in [3.63, 3.8) is 0 Å². The van der Waals surface area contributed by atoms with Crippen LogP contribution in [-0.4, -0.2) is 17.4 Å². The van der Waals surface area contributed by atoms with Gasteiger partial charge in [0.15, 0.2) is 0 Å². The van der Waals surface area contributed by atoms with Crippen LogP contribution in [0.1, 0.15) is 53.4 Å². The first kappa shape index (κ1) is 15.4. The van der Waals surface area contributed by atoms with Crippen LogP contribution < -0.4 is 11.1 Å². The average Bonchev–Trinajstić information content (AvgIpc) is 3.09. The van der Waals surface area contributed by atoms with E-state index in [-0.39, 0.29) is 5.91 Å². The van der Waals surface area contributed by atoms with Gasteiger partial charge in [-0.3, -0.25) is 4.79 Å². The van der Waals surface area contributed by atoms with Crippen molar-refractivity contribution in [2.45, 2.75) is 53.4 Å². The second kappa shape index (κ2) is 5.55. The molecule has 0 radical (unpaired) electrons. The van der Waals surface area contributed by atoms with Gasteiger partial charge in [-0.15, -0.1) is 0 Å². The van der Waals surface area contributed by atoms with Gasteiger partial charge in [0, 0.05) is 6.54 Å². The summed E-state index contributed by atoms with van der Waals surface area (Å²) in [5.74, 6) is 0.618. The number of amides is 1. The molecule has 0 aromatic rings. The zero-order valence-corrected chi connectivity index (χ0v) is 12.8. The number of rotatable bonds is 7. The molecule has 3 N–H and O–H groups in total. The smallest absolute Gasteiger partial charge is 0.233 e. The molecule has 0 bridgehead atoms. The van der Waals surface area contributed by atoms with Crippen LogP contribution in [0.25, 0.3) is 0 Å². The maximum Gasteiger partial charge on any atom is 0.233 e. The molecule has 0 aliphatic heterocycles. The SMILES string of the molecule is CCC(CC)(C(=O)NCC1(C(C)C)CC1)C(N)=S. The monoisotopic (exact) mass is 270 g/mol. The Hall–Kier alpha value is -0.640. The molecular weight excluding hydrogens is 244 g/mol. The third-order valence-corrected chi connectivity index (χ3v) is 5.22. The van der Waals surface area contributed by atoms with E-state index in [1.165, 1.54) is 12.8 Å². The van der Waals surface area contributed by atoms with E-state index >= 15 is 0 Å². The van der Waals surface area contributed by atoms with Crippen LogP contribution in [0.2, 0.25) is 0 Å². The molecule has 3 nitrogen and oxygen atoms in total. The first-order chi connectivity index (χ1) is 8.34. The fraction of sp³-hybridized carbons (Fsp3) is 0.857. The topological polar surface area (TPSA) is 55.1 Å². The summed E-state index contributed by atoms with van der Waals surface area (Å²) in [5, 5.41) is 3.08. The quantitative estimate of drug-likeness (QED) is 0.699. The van der Waals surface area contributed by atoms with Crippen molar-refractivity contribution >= 4 is 23.1 Å². The molecule has 0 aromatic carbocycles. The molecule has 0 aromatic heterocycles. The van der Waals surface area contributed by atoms with Crippen LogP contribution in [0, 0.1) is 16.7 Å². The lowest BCUT2D eigenvalue weighted by molar-refractivity contribution is -0.128. The fourth-order valence-electron chi connectivity index (χ4n) is 2.58. The zero-order valence-electron chi connectivity index (χ0n) is 12.0. The Balaban J connectivity index is 2.67. The number of hydrogen-bond acceptors (Lipinski definition) is 2. The molecule has 18 heavy (non-hydrogen) atoms. The summed E-state index contributed by atoms with van der Waals surface area (Å²) in [6, 6.07) is 0. The van der Waals surface area contributed by atoms with Crippen LogP contribution in [0.5, 0.6) is 0 Å². The Bertz CT molecular complexity index is 331. The molecule has 1 fully saturated rings. The fourth-order valence-corrected chi connectivity index (χ4v) is 2.96. The van der Waals surface area contributed by atoms with E-state index in [1.807, 2.05) is 13.8 Å². The van der Waals surface area contributed by atoms with Gasteiger partial charge in [0.25, 0.3) is 0 Å². The van der Waals surface area contributed by atoms with E-state index in [4.69, 9.17) is 18.0 Å². The summed E-state index contributed by atoms with van der Waals surface area (Å²) < 4.78 is 0. The number of nitrogens with one attached hydrogen (secondary N) is 1. The van der Waals surface area contributed by atoms with Gasteiger partial charge in [-0.1, -0.05) is 39.9 Å². The lowest BCUT2D eigenvalue weighted by Gasteiger charge is -2.30. The Kier molecular flexibility index (Phi) is 4.76. The summed E-state index contributed by atoms with van der Waals surface area (Å²) in [5.41, 5.74) is 5.43. The van der Waals surface area contributed by atoms with Crippen LogP contribution in [0.3, 0.4) is 0 Å². The second-order valence-corrected chi connectivity index (χ2v) is 6.29. The van der Waals surface area contributed by atoms with Gasteiger partial charge in [0.1, 0.15) is 0 Å². The van der Waals surface area contributed by atoms with E-state index in [0.717, 1.165) is 6.54 Å². The van der Waals surface area contributed by atoms with Gasteiger partial charge >= 0.3 is 0 Å². The van der Waals surface area contributed by atoms with Crippen LogP contribution in [0.4, 0.5) is 0 Å². The first-order valence-electron chi connectivity index (χ1n) is 6.93. The number of hydrogen-bond donors (Lipinski definition) is 2. The van der Waals surface area contributed by atoms with E-state index in [0.29, 0.717) is 29.2 Å². The summed E-state index contributed by atoms with van der Waals surface area (Å²) in [4.78, 5) is 12.7. The summed E-state index contributed by atoms with van der Waals surface area (Å²) in [7, 11) is 0. The first-order valence-corrected chi connectivity index (χ1v) is 7.33. The predicted molar refractivity (Wildman–Crippen MR) is 79.3 cm³/mol. The third kappa shape index (κ3) is 2.68. The minimum absolute atomic E-state index is 0.00641. The van der Waals surface area contributed by atoms with Gasteiger partial charge < -0.3 is 11.1 Å². The van der Waals surface area contributed by atoms with Crippen LogP contribution in [0.15, 0.2) is 0 Å². The lowest BCUT2D eigenvalue weighted by atomic mass is 9.81. The molecule has 1 aliphatic rings. The van der Waals surface area contributed by atoms with Gasteiger partial charge in [0.2, 0.25) is 5.91 Å². The molecule has 0 heterocycles. The van der Waals surface area contributed by atoms with Crippen molar-refractivity contribution in [1.82, 2.24) is 5.32 Å². The van der Waals surface area contributed by atoms with E-state index in [2.05, 4.69) is 19.2 Å². The standard InChI is InChI=1S/C14H26N2OS/c1-5-14(6-2,11(15)18)12(17)16-9-13(7-8-13)10(3)4/h10H,5-9H2,1-4H3,(H2,15,18)(H,16,17). The van der Waals surface area contributed by atoms with Gasteiger partial charge in [-0.05, 0) is 37.0 Å². The van der Waals surface area contributed by atoms with Crippen molar-refractivity contribution < 1.29 is 4.79 Å². The highest BCUT2D eigenvalue weighted by Crippen LogP contribution is 2.51. The molecular formula is C14H26N2OS. The Morgan fingerprint density at radius 3 is 2.17 bits per heavy atom. The molecule has 0 unspecified atom stereocenters. The highest BCUT2D eigenvalue weighted by atomic mass is 32.1. The molecule has 104 valence electrons. The van der Waals surface area contributed by atoms with Crippen LogP contribution >= 0.6 is 12.2 Å². The second-order valence-electron chi connectivity index (χ2n) is 5.85. The number of thiocarbonyl (C=S) groups is 1. The van der Waals surface area contributed by atoms with Crippen LogP contribution in [-0.2, 0) is 4.79 Å². The molecule has 0 atom stereocenters. The Morgan fingerprint density at radius 2 is 1.89 bits per heavy atom. The maximum absolute atomic E-state index is 12.4. The van der Waals surface area contributed by atoms with E-state index in [9.17, 15) is 4.79 Å². The minimum atomic E-state index is -0.664.